The van der Waals surface area contributed by atoms with Gasteiger partial charge in [0.15, 0.2) is 0 Å². The van der Waals surface area contributed by atoms with Gasteiger partial charge < -0.3 is 10.2 Å². The fraction of sp³-hybridized carbons (Fsp3) is 0.833. The number of piperazine rings is 1. The molecule has 1 N–H and O–H groups in total. The van der Waals surface area contributed by atoms with Gasteiger partial charge in [-0.15, -0.1) is 0 Å². The highest BCUT2D eigenvalue weighted by Gasteiger charge is 2.39. The van der Waals surface area contributed by atoms with Gasteiger partial charge in [-0.1, -0.05) is 27.7 Å². The Hall–Kier alpha value is -1.06. The van der Waals surface area contributed by atoms with Crippen LogP contribution in [0.5, 0.6) is 0 Å². The summed E-state index contributed by atoms with van der Waals surface area (Å²) in [5, 5.41) is 2.66. The molecule has 92 valence electrons. The van der Waals surface area contributed by atoms with Gasteiger partial charge in [0.2, 0.25) is 11.8 Å². The first kappa shape index (κ1) is 13.0. The Balaban J connectivity index is 2.97. The molecule has 0 spiro atoms. The summed E-state index contributed by atoms with van der Waals surface area (Å²) in [5.74, 6) is 0.503. The molecule has 1 aliphatic heterocycles. The first-order valence-corrected chi connectivity index (χ1v) is 5.95. The smallest absolute Gasteiger partial charge is 0.243 e. The summed E-state index contributed by atoms with van der Waals surface area (Å²) in [4.78, 5) is 25.5. The number of rotatable bonds is 3. The average Bonchev–Trinajstić information content (AvgIpc) is 2.19. The normalized spacial score (nSPS) is 23.9. The van der Waals surface area contributed by atoms with Gasteiger partial charge in [0.1, 0.15) is 6.04 Å². The largest absolute Gasteiger partial charge is 0.345 e. The lowest BCUT2D eigenvalue weighted by Gasteiger charge is -2.42. The Kier molecular flexibility index (Phi) is 3.94. The van der Waals surface area contributed by atoms with Crippen molar-refractivity contribution in [1.29, 1.82) is 0 Å². The molecule has 16 heavy (non-hydrogen) atoms. The van der Waals surface area contributed by atoms with E-state index in [1.54, 1.807) is 4.90 Å². The van der Waals surface area contributed by atoms with Crippen LogP contribution in [0.3, 0.4) is 0 Å². The van der Waals surface area contributed by atoms with E-state index in [0.717, 1.165) is 0 Å². The molecule has 0 radical (unpaired) electrons. The fourth-order valence-corrected chi connectivity index (χ4v) is 2.07. The fourth-order valence-electron chi connectivity index (χ4n) is 2.07. The molecule has 2 unspecified atom stereocenters. The van der Waals surface area contributed by atoms with E-state index < -0.39 is 0 Å². The molecule has 0 aromatic heterocycles. The summed E-state index contributed by atoms with van der Waals surface area (Å²) in [7, 11) is 0. The molecule has 2 atom stereocenters. The topological polar surface area (TPSA) is 49.4 Å². The monoisotopic (exact) mass is 226 g/mol. The van der Waals surface area contributed by atoms with Gasteiger partial charge in [-0.05, 0) is 18.8 Å². The summed E-state index contributed by atoms with van der Waals surface area (Å²) in [6.07, 6.45) is 0. The second-order valence-electron chi connectivity index (χ2n) is 5.19. The lowest BCUT2D eigenvalue weighted by molar-refractivity contribution is -0.150. The third-order valence-corrected chi connectivity index (χ3v) is 3.31. The van der Waals surface area contributed by atoms with E-state index in [-0.39, 0.29) is 36.4 Å². The second-order valence-corrected chi connectivity index (χ2v) is 5.19. The summed E-state index contributed by atoms with van der Waals surface area (Å²) >= 11 is 0. The quantitative estimate of drug-likeness (QED) is 0.781. The molecule has 0 aliphatic carbocycles. The van der Waals surface area contributed by atoms with Crippen LogP contribution in [0.4, 0.5) is 0 Å². The van der Waals surface area contributed by atoms with Crippen molar-refractivity contribution in [3.63, 3.8) is 0 Å². The van der Waals surface area contributed by atoms with Gasteiger partial charge in [-0.25, -0.2) is 0 Å². The maximum absolute atomic E-state index is 11.9. The predicted molar refractivity (Wildman–Crippen MR) is 62.8 cm³/mol. The van der Waals surface area contributed by atoms with E-state index in [4.69, 9.17) is 0 Å². The van der Waals surface area contributed by atoms with Crippen molar-refractivity contribution in [2.45, 2.75) is 46.7 Å². The van der Waals surface area contributed by atoms with Crippen molar-refractivity contribution in [3.05, 3.63) is 0 Å². The molecule has 2 amide bonds. The third-order valence-electron chi connectivity index (χ3n) is 3.31. The minimum Gasteiger partial charge on any atom is -0.345 e. The molecule has 1 heterocycles. The molecule has 0 aromatic rings. The Morgan fingerprint density at radius 3 is 2.19 bits per heavy atom. The number of nitrogens with one attached hydrogen (secondary N) is 1. The summed E-state index contributed by atoms with van der Waals surface area (Å²) in [5.41, 5.74) is 0. The number of hydrogen-bond donors (Lipinski definition) is 1. The van der Waals surface area contributed by atoms with Crippen LogP contribution < -0.4 is 5.32 Å². The molecule has 0 aromatic carbocycles. The third kappa shape index (κ3) is 2.36. The first-order chi connectivity index (χ1) is 7.36. The lowest BCUT2D eigenvalue weighted by atomic mass is 9.94. The van der Waals surface area contributed by atoms with Crippen LogP contribution in [-0.4, -0.2) is 35.3 Å². The Bertz CT molecular complexity index is 287. The molecule has 1 fully saturated rings. The van der Waals surface area contributed by atoms with Crippen molar-refractivity contribution in [2.75, 3.05) is 6.54 Å². The molecule has 4 nitrogen and oxygen atoms in total. The lowest BCUT2D eigenvalue weighted by Crippen LogP contribution is -2.63. The van der Waals surface area contributed by atoms with Crippen LogP contribution in [0.2, 0.25) is 0 Å². The highest BCUT2D eigenvalue weighted by Crippen LogP contribution is 2.21. The van der Waals surface area contributed by atoms with Crippen LogP contribution >= 0.6 is 0 Å². The zero-order chi connectivity index (χ0) is 12.5. The van der Waals surface area contributed by atoms with E-state index in [1.807, 2.05) is 20.8 Å². The highest BCUT2D eigenvalue weighted by atomic mass is 16.2. The van der Waals surface area contributed by atoms with Gasteiger partial charge in [-0.2, -0.15) is 0 Å². The zero-order valence-corrected chi connectivity index (χ0v) is 10.8. The van der Waals surface area contributed by atoms with E-state index in [2.05, 4.69) is 19.2 Å². The van der Waals surface area contributed by atoms with Crippen molar-refractivity contribution < 1.29 is 9.59 Å². The molecular formula is C12H22N2O2. The molecule has 1 saturated heterocycles. The Morgan fingerprint density at radius 1 is 1.19 bits per heavy atom. The van der Waals surface area contributed by atoms with Gasteiger partial charge in [-0.3, -0.25) is 9.59 Å². The van der Waals surface area contributed by atoms with Crippen LogP contribution in [0.25, 0.3) is 0 Å². The van der Waals surface area contributed by atoms with Gasteiger partial charge in [0.05, 0.1) is 6.54 Å². The van der Waals surface area contributed by atoms with Gasteiger partial charge in [0.25, 0.3) is 0 Å². The molecular weight excluding hydrogens is 204 g/mol. The number of amides is 2. The van der Waals surface area contributed by atoms with E-state index in [1.165, 1.54) is 0 Å². The van der Waals surface area contributed by atoms with Crippen LogP contribution in [0.1, 0.15) is 34.6 Å². The standard InChI is InChI=1S/C12H22N2O2/c1-7(2)9(5)14-10(15)6-13-12(16)11(14)8(3)4/h7-9,11H,6H2,1-5H3,(H,13,16). The summed E-state index contributed by atoms with van der Waals surface area (Å²) in [6.45, 7) is 10.2. The number of nitrogens with zero attached hydrogens (tertiary/aromatic N) is 1. The maximum atomic E-state index is 11.9. The SMILES string of the molecule is CC(C)C(C)N1C(=O)CNC(=O)C1C(C)C. The zero-order valence-electron chi connectivity index (χ0n) is 10.8. The van der Waals surface area contributed by atoms with Crippen LogP contribution in [0.15, 0.2) is 0 Å². The molecule has 1 rings (SSSR count). The van der Waals surface area contributed by atoms with Crippen molar-refractivity contribution in [3.8, 4) is 0 Å². The first-order valence-electron chi connectivity index (χ1n) is 5.95. The van der Waals surface area contributed by atoms with Gasteiger partial charge >= 0.3 is 0 Å². The summed E-state index contributed by atoms with van der Waals surface area (Å²) < 4.78 is 0. The average molecular weight is 226 g/mol. The molecule has 4 heteroatoms. The van der Waals surface area contributed by atoms with Crippen molar-refractivity contribution >= 4 is 11.8 Å². The highest BCUT2D eigenvalue weighted by molar-refractivity contribution is 5.95. The number of carbonyl (C=O) groups is 2. The van der Waals surface area contributed by atoms with E-state index in [9.17, 15) is 9.59 Å². The minimum absolute atomic E-state index is 0.0258. The Morgan fingerprint density at radius 2 is 1.75 bits per heavy atom. The second kappa shape index (κ2) is 4.85. The van der Waals surface area contributed by atoms with E-state index >= 15 is 0 Å². The minimum atomic E-state index is -0.321. The Labute approximate surface area is 97.4 Å². The molecule has 1 aliphatic rings. The predicted octanol–water partition coefficient (Wildman–Crippen LogP) is 1.01. The van der Waals surface area contributed by atoms with Crippen LogP contribution in [0, 0.1) is 11.8 Å². The molecule has 0 bridgehead atoms. The van der Waals surface area contributed by atoms with Crippen molar-refractivity contribution in [1.82, 2.24) is 10.2 Å². The maximum Gasteiger partial charge on any atom is 0.243 e. The number of carbonyl (C=O) groups excluding carboxylic acids is 2. The van der Waals surface area contributed by atoms with Gasteiger partial charge in [0, 0.05) is 6.04 Å². The van der Waals surface area contributed by atoms with Crippen molar-refractivity contribution in [2.24, 2.45) is 11.8 Å². The number of hydrogen-bond acceptors (Lipinski definition) is 2. The van der Waals surface area contributed by atoms with Crippen LogP contribution in [-0.2, 0) is 9.59 Å². The molecule has 0 saturated carbocycles. The van der Waals surface area contributed by atoms with E-state index in [0.29, 0.717) is 5.92 Å². The summed E-state index contributed by atoms with van der Waals surface area (Å²) in [6, 6.07) is -0.218.